The second-order valence-corrected chi connectivity index (χ2v) is 4.65. The van der Waals surface area contributed by atoms with Gasteiger partial charge in [0.2, 0.25) is 0 Å². The zero-order valence-electron chi connectivity index (χ0n) is 12.8. The number of unbranched alkanes of at least 4 members (excludes halogenated alkanes) is 3. The van der Waals surface area contributed by atoms with Crippen molar-refractivity contribution in [1.29, 1.82) is 0 Å². The quantitative estimate of drug-likeness (QED) is 0.316. The van der Waals surface area contributed by atoms with Gasteiger partial charge in [0.05, 0.1) is 6.26 Å². The average molecular weight is 280 g/mol. The third kappa shape index (κ3) is 11.6. The van der Waals surface area contributed by atoms with E-state index in [1.54, 1.807) is 6.92 Å². The van der Waals surface area contributed by atoms with Crippen LogP contribution in [0.15, 0.2) is 36.6 Å². The maximum absolute atomic E-state index is 10.7. The van der Waals surface area contributed by atoms with Gasteiger partial charge in [0.1, 0.15) is 0 Å². The van der Waals surface area contributed by atoms with E-state index in [4.69, 9.17) is 9.84 Å². The van der Waals surface area contributed by atoms with Crippen molar-refractivity contribution in [2.75, 3.05) is 0 Å². The van der Waals surface area contributed by atoms with Gasteiger partial charge in [0, 0.05) is 0 Å². The molecule has 0 heterocycles. The lowest BCUT2D eigenvalue weighted by molar-refractivity contribution is -0.147. The molecule has 0 bridgehead atoms. The van der Waals surface area contributed by atoms with Gasteiger partial charge < -0.3 is 9.84 Å². The van der Waals surface area contributed by atoms with Crippen LogP contribution in [-0.4, -0.2) is 17.2 Å². The molecule has 0 spiro atoms. The van der Waals surface area contributed by atoms with Crippen molar-refractivity contribution >= 4 is 5.97 Å². The van der Waals surface area contributed by atoms with E-state index in [2.05, 4.69) is 31.2 Å². The highest BCUT2D eigenvalue weighted by molar-refractivity contribution is 5.72. The molecule has 0 aromatic carbocycles. The second-order valence-electron chi connectivity index (χ2n) is 4.65. The van der Waals surface area contributed by atoms with Crippen LogP contribution in [0.5, 0.6) is 0 Å². The van der Waals surface area contributed by atoms with Gasteiger partial charge >= 0.3 is 5.97 Å². The number of carboxylic acid groups (broad SMARTS) is 1. The van der Waals surface area contributed by atoms with Crippen LogP contribution < -0.4 is 0 Å². The lowest BCUT2D eigenvalue weighted by atomic mass is 10.2. The summed E-state index contributed by atoms with van der Waals surface area (Å²) < 4.78 is 5.11. The van der Waals surface area contributed by atoms with Gasteiger partial charge in [-0.3, -0.25) is 0 Å². The SMILES string of the molecule is CCCCC/C=C\C/C=C\C/C=C\OC(CC)C(=O)O. The van der Waals surface area contributed by atoms with Crippen LogP contribution in [0.25, 0.3) is 0 Å². The topological polar surface area (TPSA) is 46.5 Å². The minimum Gasteiger partial charge on any atom is -0.487 e. The highest BCUT2D eigenvalue weighted by atomic mass is 16.5. The minimum atomic E-state index is -0.916. The number of allylic oxidation sites excluding steroid dienone is 5. The Morgan fingerprint density at radius 1 is 1.05 bits per heavy atom. The Morgan fingerprint density at radius 3 is 2.30 bits per heavy atom. The molecule has 3 heteroatoms. The fourth-order valence-electron chi connectivity index (χ4n) is 1.61. The lowest BCUT2D eigenvalue weighted by Crippen LogP contribution is -2.20. The van der Waals surface area contributed by atoms with Gasteiger partial charge in [-0.15, -0.1) is 0 Å². The number of carbonyl (C=O) groups is 1. The van der Waals surface area contributed by atoms with Crippen molar-refractivity contribution < 1.29 is 14.6 Å². The van der Waals surface area contributed by atoms with Gasteiger partial charge in [-0.05, 0) is 38.2 Å². The molecule has 0 aliphatic carbocycles. The van der Waals surface area contributed by atoms with E-state index in [0.29, 0.717) is 6.42 Å². The molecular formula is C17H28O3. The fraction of sp³-hybridized carbons (Fsp3) is 0.588. The number of hydrogen-bond donors (Lipinski definition) is 1. The van der Waals surface area contributed by atoms with Crippen molar-refractivity contribution in [2.45, 2.75) is 64.9 Å². The summed E-state index contributed by atoms with van der Waals surface area (Å²) in [7, 11) is 0. The number of aliphatic carboxylic acids is 1. The van der Waals surface area contributed by atoms with E-state index in [-0.39, 0.29) is 0 Å². The summed E-state index contributed by atoms with van der Waals surface area (Å²) in [6.45, 7) is 4.00. The highest BCUT2D eigenvalue weighted by Crippen LogP contribution is 2.01. The van der Waals surface area contributed by atoms with Crippen LogP contribution in [0.1, 0.15) is 58.8 Å². The van der Waals surface area contributed by atoms with Crippen LogP contribution in [0.3, 0.4) is 0 Å². The lowest BCUT2D eigenvalue weighted by Gasteiger charge is -2.07. The molecule has 20 heavy (non-hydrogen) atoms. The molecule has 3 nitrogen and oxygen atoms in total. The second kappa shape index (κ2) is 13.9. The first-order valence-electron chi connectivity index (χ1n) is 7.55. The summed E-state index contributed by atoms with van der Waals surface area (Å²) in [6, 6.07) is 0. The molecule has 0 aliphatic heterocycles. The fourth-order valence-corrected chi connectivity index (χ4v) is 1.61. The molecule has 0 aromatic rings. The van der Waals surface area contributed by atoms with Crippen LogP contribution in [-0.2, 0) is 9.53 Å². The standard InChI is InChI=1S/C17H28O3/c1-3-5-6-7-8-9-10-11-12-13-14-15-20-16(4-2)17(18)19/h8-9,11-12,14-16H,3-7,10,13H2,1-2H3,(H,18,19)/b9-8-,12-11-,15-14-. The van der Waals surface area contributed by atoms with Crippen LogP contribution >= 0.6 is 0 Å². The van der Waals surface area contributed by atoms with E-state index in [1.807, 2.05) is 6.08 Å². The van der Waals surface area contributed by atoms with Gasteiger partial charge in [-0.2, -0.15) is 0 Å². The van der Waals surface area contributed by atoms with E-state index < -0.39 is 12.1 Å². The molecule has 0 saturated carbocycles. The predicted octanol–water partition coefficient (Wildman–Crippen LogP) is 4.85. The maximum atomic E-state index is 10.7. The maximum Gasteiger partial charge on any atom is 0.344 e. The van der Waals surface area contributed by atoms with Crippen molar-refractivity contribution in [1.82, 2.24) is 0 Å². The Morgan fingerprint density at radius 2 is 1.70 bits per heavy atom. The number of rotatable bonds is 12. The first-order chi connectivity index (χ1) is 9.72. The molecule has 0 amide bonds. The molecule has 0 rings (SSSR count). The van der Waals surface area contributed by atoms with Crippen LogP contribution in [0, 0.1) is 0 Å². The monoisotopic (exact) mass is 280 g/mol. The van der Waals surface area contributed by atoms with Gasteiger partial charge in [-0.1, -0.05) is 51.0 Å². The molecule has 0 radical (unpaired) electrons. The van der Waals surface area contributed by atoms with Gasteiger partial charge in [0.25, 0.3) is 0 Å². The summed E-state index contributed by atoms with van der Waals surface area (Å²) in [6.07, 6.45) is 18.4. The molecule has 0 aromatic heterocycles. The third-order valence-corrected chi connectivity index (χ3v) is 2.84. The van der Waals surface area contributed by atoms with E-state index >= 15 is 0 Å². The molecule has 0 aliphatic rings. The molecule has 1 atom stereocenters. The minimum absolute atomic E-state index is 0.471. The smallest absolute Gasteiger partial charge is 0.344 e. The first kappa shape index (κ1) is 18.5. The number of carboxylic acids is 1. The Bertz CT molecular complexity index is 316. The Labute approximate surface area is 123 Å². The number of ether oxygens (including phenoxy) is 1. The first-order valence-corrected chi connectivity index (χ1v) is 7.55. The Hall–Kier alpha value is -1.51. The van der Waals surface area contributed by atoms with Gasteiger partial charge in [0.15, 0.2) is 6.10 Å². The van der Waals surface area contributed by atoms with E-state index in [0.717, 1.165) is 12.8 Å². The molecule has 1 N–H and O–H groups in total. The predicted molar refractivity (Wildman–Crippen MR) is 83.6 cm³/mol. The van der Waals surface area contributed by atoms with Crippen molar-refractivity contribution in [2.24, 2.45) is 0 Å². The summed E-state index contributed by atoms with van der Waals surface area (Å²) in [5.41, 5.74) is 0. The summed E-state index contributed by atoms with van der Waals surface area (Å²) >= 11 is 0. The summed E-state index contributed by atoms with van der Waals surface area (Å²) in [5.74, 6) is -0.916. The zero-order chi connectivity index (χ0) is 15.1. The average Bonchev–Trinajstić information content (AvgIpc) is 2.43. The zero-order valence-corrected chi connectivity index (χ0v) is 12.8. The van der Waals surface area contributed by atoms with Crippen molar-refractivity contribution in [3.63, 3.8) is 0 Å². The normalized spacial score (nSPS) is 13.5. The highest BCUT2D eigenvalue weighted by Gasteiger charge is 2.13. The van der Waals surface area contributed by atoms with Crippen molar-refractivity contribution in [3.8, 4) is 0 Å². The largest absolute Gasteiger partial charge is 0.487 e. The van der Waals surface area contributed by atoms with Crippen LogP contribution in [0.4, 0.5) is 0 Å². The third-order valence-electron chi connectivity index (χ3n) is 2.84. The molecule has 1 unspecified atom stereocenters. The Balaban J connectivity index is 3.58. The number of hydrogen-bond acceptors (Lipinski definition) is 2. The van der Waals surface area contributed by atoms with Crippen molar-refractivity contribution in [3.05, 3.63) is 36.6 Å². The molecular weight excluding hydrogens is 252 g/mol. The van der Waals surface area contributed by atoms with E-state index in [9.17, 15) is 4.79 Å². The Kier molecular flexibility index (Phi) is 12.9. The van der Waals surface area contributed by atoms with E-state index in [1.165, 1.54) is 31.9 Å². The van der Waals surface area contributed by atoms with Gasteiger partial charge in [-0.25, -0.2) is 4.79 Å². The summed E-state index contributed by atoms with van der Waals surface area (Å²) in [4.78, 5) is 10.7. The molecule has 114 valence electrons. The summed E-state index contributed by atoms with van der Waals surface area (Å²) in [5, 5.41) is 8.77. The molecule has 0 saturated heterocycles. The van der Waals surface area contributed by atoms with Crippen LogP contribution in [0.2, 0.25) is 0 Å². The molecule has 0 fully saturated rings.